The Bertz CT molecular complexity index is 391. The summed E-state index contributed by atoms with van der Waals surface area (Å²) in [4.78, 5) is 0. The first-order valence-electron chi connectivity index (χ1n) is 5.34. The van der Waals surface area contributed by atoms with Crippen LogP contribution in [0.1, 0.15) is 24.5 Å². The summed E-state index contributed by atoms with van der Waals surface area (Å²) in [5, 5.41) is 9.78. The predicted octanol–water partition coefficient (Wildman–Crippen LogP) is 3.08. The Morgan fingerprint density at radius 1 is 1.22 bits per heavy atom. The van der Waals surface area contributed by atoms with E-state index in [4.69, 9.17) is 9.47 Å². The second kappa shape index (κ2) is 5.95. The lowest BCUT2D eigenvalue weighted by atomic mass is 10.0. The molecule has 3 nitrogen and oxygen atoms in total. The Morgan fingerprint density at radius 2 is 1.89 bits per heavy atom. The average Bonchev–Trinajstić information content (AvgIpc) is 2.33. The summed E-state index contributed by atoms with van der Waals surface area (Å²) in [5.74, 6) is 0.635. The van der Waals surface area contributed by atoms with Crippen LogP contribution in [0.2, 0.25) is 0 Å². The molecule has 0 bridgehead atoms. The Morgan fingerprint density at radius 3 is 2.39 bits per heavy atom. The van der Waals surface area contributed by atoms with Crippen LogP contribution in [0.4, 0.5) is 13.2 Å². The molecule has 1 aromatic carbocycles. The first kappa shape index (κ1) is 14.6. The van der Waals surface area contributed by atoms with Crippen LogP contribution in [0, 0.1) is 0 Å². The molecule has 1 unspecified atom stereocenters. The number of para-hydroxylation sites is 1. The van der Waals surface area contributed by atoms with Crippen molar-refractivity contribution in [1.29, 1.82) is 0 Å². The van der Waals surface area contributed by atoms with E-state index >= 15 is 0 Å². The molecule has 102 valence electrons. The third kappa shape index (κ3) is 3.80. The highest BCUT2D eigenvalue weighted by molar-refractivity contribution is 5.47. The lowest BCUT2D eigenvalue weighted by Gasteiger charge is -2.17. The summed E-state index contributed by atoms with van der Waals surface area (Å²) in [5.41, 5.74) is 0.293. The van der Waals surface area contributed by atoms with E-state index in [0.29, 0.717) is 11.3 Å². The van der Waals surface area contributed by atoms with Gasteiger partial charge < -0.3 is 14.6 Å². The molecule has 1 rings (SSSR count). The molecule has 0 heterocycles. The van der Waals surface area contributed by atoms with Gasteiger partial charge in [0, 0.05) is 12.0 Å². The van der Waals surface area contributed by atoms with Gasteiger partial charge in [0.15, 0.2) is 11.5 Å². The normalized spacial score (nSPS) is 13.2. The zero-order chi connectivity index (χ0) is 13.8. The van der Waals surface area contributed by atoms with Crippen LogP contribution in [0.25, 0.3) is 0 Å². The number of hydrogen-bond donors (Lipinski definition) is 1. The molecule has 0 radical (unpaired) electrons. The van der Waals surface area contributed by atoms with Gasteiger partial charge in [0.25, 0.3) is 0 Å². The van der Waals surface area contributed by atoms with Crippen LogP contribution in [0.15, 0.2) is 18.2 Å². The minimum Gasteiger partial charge on any atom is -0.493 e. The monoisotopic (exact) mass is 264 g/mol. The van der Waals surface area contributed by atoms with Crippen molar-refractivity contribution in [3.05, 3.63) is 23.8 Å². The average molecular weight is 264 g/mol. The third-order valence-corrected chi connectivity index (χ3v) is 2.49. The van der Waals surface area contributed by atoms with Crippen LogP contribution in [-0.2, 0) is 0 Å². The topological polar surface area (TPSA) is 38.7 Å². The summed E-state index contributed by atoms with van der Waals surface area (Å²) in [6.07, 6.45) is -6.98. The molecule has 1 aromatic rings. The van der Waals surface area contributed by atoms with Crippen molar-refractivity contribution in [3.63, 3.8) is 0 Å². The number of alkyl halides is 3. The van der Waals surface area contributed by atoms with Crippen molar-refractivity contribution in [1.82, 2.24) is 0 Å². The van der Waals surface area contributed by atoms with Crippen molar-refractivity contribution >= 4 is 0 Å². The molecule has 0 fully saturated rings. The molecule has 0 amide bonds. The number of ether oxygens (including phenoxy) is 2. The zero-order valence-corrected chi connectivity index (χ0v) is 10.1. The number of benzene rings is 1. The van der Waals surface area contributed by atoms with Gasteiger partial charge in [-0.1, -0.05) is 12.1 Å². The van der Waals surface area contributed by atoms with Crippen molar-refractivity contribution in [2.24, 2.45) is 0 Å². The number of rotatable bonds is 5. The van der Waals surface area contributed by atoms with Gasteiger partial charge >= 0.3 is 6.18 Å². The standard InChI is InChI=1S/C12H15F3O3/c1-17-10-5-3-4-8(11(10)18-2)9(16)6-7-12(13,14)15/h3-5,9,16H,6-7H2,1-2H3. The largest absolute Gasteiger partial charge is 0.493 e. The van der Waals surface area contributed by atoms with Gasteiger partial charge in [0.1, 0.15) is 0 Å². The van der Waals surface area contributed by atoms with E-state index in [0.717, 1.165) is 0 Å². The highest BCUT2D eigenvalue weighted by Gasteiger charge is 2.29. The second-order valence-electron chi connectivity index (χ2n) is 3.75. The molecule has 0 aliphatic carbocycles. The van der Waals surface area contributed by atoms with Crippen LogP contribution < -0.4 is 9.47 Å². The van der Waals surface area contributed by atoms with Gasteiger partial charge in [-0.25, -0.2) is 0 Å². The summed E-state index contributed by atoms with van der Waals surface area (Å²) >= 11 is 0. The molecule has 0 saturated heterocycles. The molecule has 1 N–H and O–H groups in total. The summed E-state index contributed by atoms with van der Waals surface area (Å²) in [6.45, 7) is 0. The lowest BCUT2D eigenvalue weighted by Crippen LogP contribution is -2.10. The SMILES string of the molecule is COc1cccc(C(O)CCC(F)(F)F)c1OC. The number of methoxy groups -OCH3 is 2. The fourth-order valence-corrected chi connectivity index (χ4v) is 1.63. The van der Waals surface area contributed by atoms with Gasteiger partial charge in [-0.3, -0.25) is 0 Å². The summed E-state index contributed by atoms with van der Waals surface area (Å²) in [7, 11) is 2.79. The van der Waals surface area contributed by atoms with Gasteiger partial charge in [0.2, 0.25) is 0 Å². The Hall–Kier alpha value is -1.43. The van der Waals surface area contributed by atoms with E-state index in [1.54, 1.807) is 12.1 Å². The maximum Gasteiger partial charge on any atom is 0.389 e. The smallest absolute Gasteiger partial charge is 0.389 e. The molecular weight excluding hydrogens is 249 g/mol. The number of aliphatic hydroxyl groups is 1. The number of aliphatic hydroxyl groups excluding tert-OH is 1. The molecule has 18 heavy (non-hydrogen) atoms. The lowest BCUT2D eigenvalue weighted by molar-refractivity contribution is -0.140. The summed E-state index contributed by atoms with van der Waals surface area (Å²) in [6, 6.07) is 4.72. The molecule has 0 saturated carbocycles. The fourth-order valence-electron chi connectivity index (χ4n) is 1.63. The van der Waals surface area contributed by atoms with Gasteiger partial charge in [-0.05, 0) is 12.5 Å². The Balaban J connectivity index is 2.88. The minimum atomic E-state index is -4.28. The minimum absolute atomic E-state index is 0.259. The third-order valence-electron chi connectivity index (χ3n) is 2.49. The van der Waals surface area contributed by atoms with Crippen LogP contribution in [-0.4, -0.2) is 25.5 Å². The quantitative estimate of drug-likeness (QED) is 0.888. The van der Waals surface area contributed by atoms with E-state index in [1.165, 1.54) is 20.3 Å². The number of halogens is 3. The van der Waals surface area contributed by atoms with E-state index in [2.05, 4.69) is 0 Å². The maximum atomic E-state index is 12.1. The van der Waals surface area contributed by atoms with E-state index in [-0.39, 0.29) is 5.75 Å². The molecule has 0 aliphatic rings. The van der Waals surface area contributed by atoms with E-state index in [1.807, 2.05) is 0 Å². The van der Waals surface area contributed by atoms with Crippen molar-refractivity contribution in [2.75, 3.05) is 14.2 Å². The van der Waals surface area contributed by atoms with Crippen LogP contribution in [0.5, 0.6) is 11.5 Å². The molecule has 6 heteroatoms. The van der Waals surface area contributed by atoms with E-state index in [9.17, 15) is 18.3 Å². The highest BCUT2D eigenvalue weighted by atomic mass is 19.4. The van der Waals surface area contributed by atoms with Crippen LogP contribution in [0.3, 0.4) is 0 Å². The van der Waals surface area contributed by atoms with Gasteiger partial charge in [-0.15, -0.1) is 0 Å². The molecular formula is C12H15F3O3. The molecule has 0 aromatic heterocycles. The van der Waals surface area contributed by atoms with Gasteiger partial charge in [-0.2, -0.15) is 13.2 Å². The molecule has 0 aliphatic heterocycles. The van der Waals surface area contributed by atoms with Crippen molar-refractivity contribution < 1.29 is 27.8 Å². The Kier molecular flexibility index (Phi) is 4.84. The Labute approximate surface area is 103 Å². The van der Waals surface area contributed by atoms with Crippen LogP contribution >= 0.6 is 0 Å². The first-order valence-corrected chi connectivity index (χ1v) is 5.34. The second-order valence-corrected chi connectivity index (χ2v) is 3.75. The highest BCUT2D eigenvalue weighted by Crippen LogP contribution is 2.37. The van der Waals surface area contributed by atoms with E-state index < -0.39 is 25.1 Å². The van der Waals surface area contributed by atoms with Crippen molar-refractivity contribution in [2.45, 2.75) is 25.1 Å². The summed E-state index contributed by atoms with van der Waals surface area (Å²) < 4.78 is 46.3. The first-order chi connectivity index (χ1) is 8.39. The fraction of sp³-hybridized carbons (Fsp3) is 0.500. The molecule has 0 spiro atoms. The molecule has 1 atom stereocenters. The zero-order valence-electron chi connectivity index (χ0n) is 10.1. The number of hydrogen-bond acceptors (Lipinski definition) is 3. The van der Waals surface area contributed by atoms with Gasteiger partial charge in [0.05, 0.1) is 20.3 Å². The van der Waals surface area contributed by atoms with Crippen molar-refractivity contribution in [3.8, 4) is 11.5 Å². The maximum absolute atomic E-state index is 12.1. The predicted molar refractivity (Wildman–Crippen MR) is 59.8 cm³/mol.